The molecule has 0 saturated heterocycles. The van der Waals surface area contributed by atoms with Crippen LogP contribution < -0.4 is 15.9 Å². The van der Waals surface area contributed by atoms with Crippen molar-refractivity contribution in [1.82, 2.24) is 10.3 Å². The van der Waals surface area contributed by atoms with E-state index in [-0.39, 0.29) is 11.6 Å². The van der Waals surface area contributed by atoms with Gasteiger partial charge in [0.15, 0.2) is 11.3 Å². The fourth-order valence-corrected chi connectivity index (χ4v) is 3.65. The number of nitrogens with one attached hydrogen (secondary N) is 1. The van der Waals surface area contributed by atoms with Crippen molar-refractivity contribution >= 4 is 50.2 Å². The summed E-state index contributed by atoms with van der Waals surface area (Å²) in [5.74, 6) is -0.268. The first-order valence-electron chi connectivity index (χ1n) is 7.83. The number of amidine groups is 1. The van der Waals surface area contributed by atoms with Crippen LogP contribution in [0.2, 0.25) is 0 Å². The molecule has 10 heteroatoms. The molecule has 0 saturated carbocycles. The molecule has 1 N–H and O–H groups in total. The van der Waals surface area contributed by atoms with Crippen molar-refractivity contribution in [2.24, 2.45) is 10.1 Å². The van der Waals surface area contributed by atoms with E-state index in [1.54, 1.807) is 17.1 Å². The third kappa shape index (κ3) is 3.10. The molecule has 8 nitrogen and oxygen atoms in total. The molecule has 27 heavy (non-hydrogen) atoms. The van der Waals surface area contributed by atoms with E-state index < -0.39 is 11.1 Å². The topological polar surface area (TPSA) is 100 Å². The summed E-state index contributed by atoms with van der Waals surface area (Å²) in [7, 11) is 0. The molecule has 2 aliphatic rings. The molecule has 0 radical (unpaired) electrons. The first kappa shape index (κ1) is 17.7. The van der Waals surface area contributed by atoms with Crippen LogP contribution in [0.4, 0.5) is 5.69 Å². The first-order valence-corrected chi connectivity index (χ1v) is 9.85. The van der Waals surface area contributed by atoms with Crippen molar-refractivity contribution in [3.05, 3.63) is 73.2 Å². The number of carbonyl (C=O) groups is 1. The quantitative estimate of drug-likeness (QED) is 0.561. The van der Waals surface area contributed by atoms with E-state index in [4.69, 9.17) is 4.99 Å². The number of hydrazone groups is 1. The van der Waals surface area contributed by atoms with Crippen LogP contribution in [0, 0.1) is 10.1 Å². The van der Waals surface area contributed by atoms with E-state index in [0.29, 0.717) is 27.0 Å². The Morgan fingerprint density at radius 2 is 2.00 bits per heavy atom. The largest absolute Gasteiger partial charge is 0.298 e. The lowest BCUT2D eigenvalue weighted by Crippen LogP contribution is -2.50. The molecule has 1 amide bonds. The van der Waals surface area contributed by atoms with Gasteiger partial charge in [-0.1, -0.05) is 27.7 Å². The fraction of sp³-hybridized carbons (Fsp3) is 0.118. The average molecular weight is 446 g/mol. The highest BCUT2D eigenvalue weighted by molar-refractivity contribution is 9.10. The molecule has 1 atom stereocenters. The van der Waals surface area contributed by atoms with E-state index in [9.17, 15) is 14.9 Å². The number of non-ortho nitro benzene ring substituents is 1. The molecule has 2 aromatic carbocycles. The maximum absolute atomic E-state index is 12.8. The Kier molecular flexibility index (Phi) is 4.44. The van der Waals surface area contributed by atoms with Gasteiger partial charge in [-0.25, -0.2) is 5.01 Å². The highest BCUT2D eigenvalue weighted by Crippen LogP contribution is 2.31. The Morgan fingerprint density at radius 3 is 2.67 bits per heavy atom. The van der Waals surface area contributed by atoms with E-state index in [2.05, 4.69) is 26.3 Å². The molecule has 2 heterocycles. The second kappa shape index (κ2) is 6.78. The van der Waals surface area contributed by atoms with Crippen molar-refractivity contribution < 1.29 is 9.72 Å². The van der Waals surface area contributed by atoms with Crippen molar-refractivity contribution in [3.8, 4) is 0 Å². The molecular weight excluding hydrogens is 434 g/mol. The predicted molar refractivity (Wildman–Crippen MR) is 105 cm³/mol. The minimum absolute atomic E-state index is 0.00668. The monoisotopic (exact) mass is 445 g/mol. The van der Waals surface area contributed by atoms with Gasteiger partial charge < -0.3 is 0 Å². The molecule has 0 aliphatic carbocycles. The first-order chi connectivity index (χ1) is 13.0. The van der Waals surface area contributed by atoms with Gasteiger partial charge in [-0.3, -0.25) is 25.2 Å². The summed E-state index contributed by atoms with van der Waals surface area (Å²) in [6.45, 7) is 0. The van der Waals surface area contributed by atoms with Gasteiger partial charge in [-0.05, 0) is 42.2 Å². The number of thioether (sulfide) groups is 1. The van der Waals surface area contributed by atoms with Gasteiger partial charge in [0.2, 0.25) is 0 Å². The Morgan fingerprint density at radius 1 is 1.26 bits per heavy atom. The fourth-order valence-electron chi connectivity index (χ4n) is 2.93. The lowest BCUT2D eigenvalue weighted by molar-refractivity contribution is -0.384. The Hall–Kier alpha value is -2.72. The minimum atomic E-state index is -0.595. The number of carbonyl (C=O) groups excluding carboxylic acids is 1. The van der Waals surface area contributed by atoms with Gasteiger partial charge in [0.1, 0.15) is 5.70 Å². The summed E-state index contributed by atoms with van der Waals surface area (Å²) in [6, 6.07) is 11.6. The summed E-state index contributed by atoms with van der Waals surface area (Å²) >= 11 is 4.74. The SMILES string of the molecule is CSC1=NN2C(=c3cc(Br)ccc3=N[C@@H]2c2ccc([N+](=O)[O-])cc2)C(=O)N1. The van der Waals surface area contributed by atoms with Crippen LogP contribution >= 0.6 is 27.7 Å². The van der Waals surface area contributed by atoms with E-state index in [1.165, 1.54) is 23.9 Å². The van der Waals surface area contributed by atoms with Crippen LogP contribution in [0.3, 0.4) is 0 Å². The maximum Gasteiger partial charge on any atom is 0.276 e. The van der Waals surface area contributed by atoms with Crippen molar-refractivity contribution in [1.29, 1.82) is 0 Å². The number of nitro benzene ring substituents is 1. The lowest BCUT2D eigenvalue weighted by Gasteiger charge is -2.33. The van der Waals surface area contributed by atoms with Gasteiger partial charge >= 0.3 is 0 Å². The number of hydrogen-bond donors (Lipinski definition) is 1. The molecule has 4 rings (SSSR count). The smallest absolute Gasteiger partial charge is 0.276 e. The molecule has 136 valence electrons. The van der Waals surface area contributed by atoms with Crippen molar-refractivity contribution in [3.63, 3.8) is 0 Å². The predicted octanol–water partition coefficient (Wildman–Crippen LogP) is 1.86. The number of benzene rings is 2. The number of rotatable bonds is 2. The van der Waals surface area contributed by atoms with Crippen LogP contribution in [0.5, 0.6) is 0 Å². The average Bonchev–Trinajstić information content (AvgIpc) is 2.67. The van der Waals surface area contributed by atoms with Gasteiger partial charge in [-0.2, -0.15) is 0 Å². The molecule has 2 aromatic rings. The van der Waals surface area contributed by atoms with Crippen LogP contribution in [0.15, 0.2) is 57.0 Å². The van der Waals surface area contributed by atoms with Gasteiger partial charge in [0.25, 0.3) is 11.6 Å². The van der Waals surface area contributed by atoms with Gasteiger partial charge in [0.05, 0.1) is 10.3 Å². The maximum atomic E-state index is 12.8. The molecular formula is C17H12BrN5O3S. The molecule has 2 aliphatic heterocycles. The summed E-state index contributed by atoms with van der Waals surface area (Å²) in [5, 5.41) is 21.6. The zero-order valence-corrected chi connectivity index (χ0v) is 16.3. The zero-order chi connectivity index (χ0) is 19.1. The second-order valence-corrected chi connectivity index (χ2v) is 7.48. The number of nitro groups is 1. The number of hydrogen-bond acceptors (Lipinski definition) is 7. The van der Waals surface area contributed by atoms with Gasteiger partial charge in [0, 0.05) is 21.8 Å². The molecule has 0 spiro atoms. The highest BCUT2D eigenvalue weighted by Gasteiger charge is 2.34. The standard InChI is InChI=1S/C17H12BrN5O3S/c1-27-17-20-16(24)14-12-8-10(18)4-7-13(12)19-15(22(14)21-17)9-2-5-11(6-3-9)23(25)26/h2-8,15H,1H3,(H,20,21,24)/t15-/m0/s1. The third-order valence-electron chi connectivity index (χ3n) is 4.17. The van der Waals surface area contributed by atoms with E-state index in [0.717, 1.165) is 4.47 Å². The minimum Gasteiger partial charge on any atom is -0.298 e. The van der Waals surface area contributed by atoms with Crippen LogP contribution in [0.1, 0.15) is 11.7 Å². The Balaban J connectivity index is 1.93. The molecule has 0 bridgehead atoms. The Bertz CT molecular complexity index is 1120. The lowest BCUT2D eigenvalue weighted by atomic mass is 10.1. The zero-order valence-electron chi connectivity index (χ0n) is 13.9. The number of fused-ring (bicyclic) bond motifs is 2. The molecule has 0 fully saturated rings. The highest BCUT2D eigenvalue weighted by atomic mass is 79.9. The number of amides is 1. The van der Waals surface area contributed by atoms with Crippen LogP contribution in [-0.4, -0.2) is 27.3 Å². The van der Waals surface area contributed by atoms with Crippen LogP contribution in [-0.2, 0) is 4.79 Å². The van der Waals surface area contributed by atoms with Crippen molar-refractivity contribution in [2.45, 2.75) is 6.17 Å². The van der Waals surface area contributed by atoms with E-state index >= 15 is 0 Å². The summed E-state index contributed by atoms with van der Waals surface area (Å²) in [5.41, 5.74) is 1.08. The molecule has 0 aromatic heterocycles. The Labute approximate surface area is 165 Å². The van der Waals surface area contributed by atoms with Crippen molar-refractivity contribution in [2.75, 3.05) is 6.26 Å². The summed E-state index contributed by atoms with van der Waals surface area (Å²) < 4.78 is 0.824. The van der Waals surface area contributed by atoms with Gasteiger partial charge in [-0.15, -0.1) is 5.10 Å². The number of nitrogens with zero attached hydrogens (tertiary/aromatic N) is 4. The summed E-state index contributed by atoms with van der Waals surface area (Å²) in [4.78, 5) is 28.0. The number of halogens is 1. The molecule has 0 unspecified atom stereocenters. The van der Waals surface area contributed by atoms with E-state index in [1.807, 2.05) is 24.5 Å². The van der Waals surface area contributed by atoms with Crippen LogP contribution in [0.25, 0.3) is 5.70 Å². The second-order valence-electron chi connectivity index (χ2n) is 5.77. The summed E-state index contributed by atoms with van der Waals surface area (Å²) in [6.07, 6.45) is 1.22. The normalized spacial score (nSPS) is 18.1. The third-order valence-corrected chi connectivity index (χ3v) is 5.23.